The molecule has 1 aromatic carbocycles. The Hall–Kier alpha value is -2.90. The molecule has 0 aliphatic carbocycles. The molecule has 146 valence electrons. The first-order valence-corrected chi connectivity index (χ1v) is 7.43. The molecule has 0 bridgehead atoms. The van der Waals surface area contributed by atoms with Crippen molar-refractivity contribution in [2.24, 2.45) is 0 Å². The smallest absolute Gasteiger partial charge is 0.324 e. The van der Waals surface area contributed by atoms with E-state index in [4.69, 9.17) is 15.3 Å². The monoisotopic (exact) mass is 376 g/mol. The second-order valence-electron chi connectivity index (χ2n) is 4.84. The third-order valence-electron chi connectivity index (χ3n) is 3.15. The van der Waals surface area contributed by atoms with Crippen molar-refractivity contribution in [1.82, 2.24) is 4.90 Å². The maximum Gasteiger partial charge on any atom is 0.324 e. The Morgan fingerprint density at radius 1 is 0.923 bits per heavy atom. The van der Waals surface area contributed by atoms with Crippen molar-refractivity contribution in [2.45, 2.75) is 13.3 Å². The van der Waals surface area contributed by atoms with Crippen LogP contribution in [0.5, 0.6) is 5.75 Å². The average Bonchev–Trinajstić information content (AvgIpc) is 2.58. The van der Waals surface area contributed by atoms with Crippen LogP contribution in [0.15, 0.2) is 12.1 Å². The van der Waals surface area contributed by atoms with Gasteiger partial charge in [0.05, 0.1) is 33.5 Å². The zero-order chi connectivity index (χ0) is 20.3. The molecule has 0 fully saturated rings. The van der Waals surface area contributed by atoms with E-state index < -0.39 is 37.6 Å². The highest BCUT2D eigenvalue weighted by atomic mass is 16.6. The minimum Gasteiger partial charge on any atom is -0.497 e. The molecule has 1 aromatic rings. The summed E-state index contributed by atoms with van der Waals surface area (Å²) in [5.74, 6) is -1.21. The van der Waals surface area contributed by atoms with Crippen LogP contribution in [0.1, 0.15) is 13.3 Å². The van der Waals surface area contributed by atoms with E-state index in [9.17, 15) is 30.3 Å². The number of aliphatic hydroxyl groups is 2. The SMILES string of the molecule is CCN(CCO)CCCO.O=[N+]([O-])c1cc([N+](=O)[O-])c(O)c([N+](=O)[O-])c1. The predicted octanol–water partition coefficient (Wildman–Crippen LogP) is 0.800. The number of nitro benzene ring substituents is 3. The van der Waals surface area contributed by atoms with Crippen LogP contribution >= 0.6 is 0 Å². The molecular formula is C13H20N4O9. The highest BCUT2D eigenvalue weighted by molar-refractivity contribution is 5.64. The van der Waals surface area contributed by atoms with Gasteiger partial charge in [0.2, 0.25) is 0 Å². The van der Waals surface area contributed by atoms with Gasteiger partial charge in [-0.3, -0.25) is 30.3 Å². The summed E-state index contributed by atoms with van der Waals surface area (Å²) in [5, 5.41) is 57.3. The number of benzene rings is 1. The number of nitro groups is 3. The van der Waals surface area contributed by atoms with E-state index >= 15 is 0 Å². The molecule has 0 saturated carbocycles. The van der Waals surface area contributed by atoms with E-state index in [1.165, 1.54) is 0 Å². The number of rotatable bonds is 9. The van der Waals surface area contributed by atoms with E-state index in [0.717, 1.165) is 26.1 Å². The number of aliphatic hydroxyl groups excluding tert-OH is 2. The van der Waals surface area contributed by atoms with Gasteiger partial charge < -0.3 is 20.2 Å². The van der Waals surface area contributed by atoms with Crippen LogP contribution in [-0.4, -0.2) is 67.8 Å². The van der Waals surface area contributed by atoms with Crippen molar-refractivity contribution in [2.75, 3.05) is 32.8 Å². The number of hydrogen-bond donors (Lipinski definition) is 3. The van der Waals surface area contributed by atoms with Crippen LogP contribution in [0, 0.1) is 30.3 Å². The van der Waals surface area contributed by atoms with Gasteiger partial charge in [-0.2, -0.15) is 0 Å². The summed E-state index contributed by atoms with van der Waals surface area (Å²) in [5.41, 5.74) is -3.00. The summed E-state index contributed by atoms with van der Waals surface area (Å²) in [4.78, 5) is 29.9. The zero-order valence-electron chi connectivity index (χ0n) is 14.0. The van der Waals surface area contributed by atoms with Gasteiger partial charge in [0.15, 0.2) is 0 Å². The van der Waals surface area contributed by atoms with E-state index in [1.54, 1.807) is 0 Å². The van der Waals surface area contributed by atoms with Crippen molar-refractivity contribution in [1.29, 1.82) is 0 Å². The maximum absolute atomic E-state index is 10.4. The van der Waals surface area contributed by atoms with Gasteiger partial charge in [0.1, 0.15) is 0 Å². The van der Waals surface area contributed by atoms with Crippen molar-refractivity contribution in [3.63, 3.8) is 0 Å². The lowest BCUT2D eigenvalue weighted by molar-refractivity contribution is -0.404. The van der Waals surface area contributed by atoms with Crippen molar-refractivity contribution < 1.29 is 30.1 Å². The van der Waals surface area contributed by atoms with Crippen LogP contribution in [-0.2, 0) is 0 Å². The molecule has 1 rings (SSSR count). The molecule has 13 nitrogen and oxygen atoms in total. The van der Waals surface area contributed by atoms with Gasteiger partial charge >= 0.3 is 11.4 Å². The number of phenolic OH excluding ortho intramolecular Hbond substituents is 1. The van der Waals surface area contributed by atoms with Crippen LogP contribution in [0.25, 0.3) is 0 Å². The average molecular weight is 376 g/mol. The molecule has 0 spiro atoms. The van der Waals surface area contributed by atoms with Crippen molar-refractivity contribution in [3.05, 3.63) is 42.5 Å². The van der Waals surface area contributed by atoms with Gasteiger partial charge in [0.25, 0.3) is 11.4 Å². The van der Waals surface area contributed by atoms with Crippen molar-refractivity contribution in [3.8, 4) is 5.75 Å². The molecule has 13 heteroatoms. The van der Waals surface area contributed by atoms with Gasteiger partial charge in [-0.25, -0.2) is 0 Å². The molecule has 0 heterocycles. The highest BCUT2D eigenvalue weighted by Gasteiger charge is 2.30. The minimum atomic E-state index is -1.21. The van der Waals surface area contributed by atoms with E-state index in [-0.39, 0.29) is 13.2 Å². The molecule has 0 aliphatic heterocycles. The second-order valence-corrected chi connectivity index (χ2v) is 4.84. The Labute approximate surface area is 147 Å². The summed E-state index contributed by atoms with van der Waals surface area (Å²) in [6.45, 7) is 5.04. The third kappa shape index (κ3) is 7.33. The molecule has 0 unspecified atom stereocenters. The molecule has 0 saturated heterocycles. The zero-order valence-corrected chi connectivity index (χ0v) is 14.0. The summed E-state index contributed by atoms with van der Waals surface area (Å²) in [6.07, 6.45) is 0.799. The Morgan fingerprint density at radius 2 is 1.42 bits per heavy atom. The van der Waals surface area contributed by atoms with E-state index in [0.29, 0.717) is 12.1 Å². The summed E-state index contributed by atoms with van der Waals surface area (Å²) < 4.78 is 0. The Balaban J connectivity index is 0.000000541. The highest BCUT2D eigenvalue weighted by Crippen LogP contribution is 2.38. The van der Waals surface area contributed by atoms with Gasteiger partial charge in [-0.15, -0.1) is 0 Å². The standard InChI is InChI=1S/C7H17NO2.C6H3N3O7/c1-2-8(5-7-10)4-3-6-9;10-6-4(8(13)14)1-3(7(11)12)2-5(6)9(15)16/h9-10H,2-7H2,1H3;1-2,10H. The molecule has 0 radical (unpaired) electrons. The summed E-state index contributed by atoms with van der Waals surface area (Å²) >= 11 is 0. The van der Waals surface area contributed by atoms with Crippen LogP contribution in [0.4, 0.5) is 17.1 Å². The first-order valence-electron chi connectivity index (χ1n) is 7.43. The van der Waals surface area contributed by atoms with Crippen LogP contribution in [0.3, 0.4) is 0 Å². The molecular weight excluding hydrogens is 356 g/mol. The number of nitrogens with zero attached hydrogens (tertiary/aromatic N) is 4. The van der Waals surface area contributed by atoms with Gasteiger partial charge in [-0.1, -0.05) is 6.92 Å². The van der Waals surface area contributed by atoms with Crippen LogP contribution in [0.2, 0.25) is 0 Å². The summed E-state index contributed by atoms with van der Waals surface area (Å²) in [7, 11) is 0. The van der Waals surface area contributed by atoms with Crippen LogP contribution < -0.4 is 0 Å². The molecule has 0 amide bonds. The Kier molecular flexibility index (Phi) is 10.3. The molecule has 0 atom stereocenters. The summed E-state index contributed by atoms with van der Waals surface area (Å²) in [6, 6.07) is 0.894. The van der Waals surface area contributed by atoms with E-state index in [1.807, 2.05) is 6.92 Å². The Bertz CT molecular complexity index is 603. The number of aromatic hydroxyl groups is 1. The fourth-order valence-electron chi connectivity index (χ4n) is 1.84. The number of phenols is 1. The second kappa shape index (κ2) is 11.6. The molecule has 26 heavy (non-hydrogen) atoms. The maximum atomic E-state index is 10.4. The van der Waals surface area contributed by atoms with Crippen molar-refractivity contribution >= 4 is 17.1 Å². The minimum absolute atomic E-state index is 0.208. The van der Waals surface area contributed by atoms with E-state index in [2.05, 4.69) is 4.90 Å². The normalized spacial score (nSPS) is 10.2. The molecule has 3 N–H and O–H groups in total. The topological polar surface area (TPSA) is 193 Å². The number of non-ortho nitro benzene ring substituents is 1. The van der Waals surface area contributed by atoms with Gasteiger partial charge in [0, 0.05) is 19.7 Å². The van der Waals surface area contributed by atoms with Gasteiger partial charge in [-0.05, 0) is 13.0 Å². The largest absolute Gasteiger partial charge is 0.497 e. The fraction of sp³-hybridized carbons (Fsp3) is 0.538. The Morgan fingerprint density at radius 3 is 1.73 bits per heavy atom. The lowest BCUT2D eigenvalue weighted by Gasteiger charge is -2.17. The number of likely N-dealkylation sites (N-methyl/N-ethyl adjacent to an activating group) is 1. The first kappa shape index (κ1) is 23.1. The molecule has 0 aromatic heterocycles. The first-order chi connectivity index (χ1) is 12.2. The third-order valence-corrected chi connectivity index (χ3v) is 3.15. The predicted molar refractivity (Wildman–Crippen MR) is 89.0 cm³/mol. The molecule has 0 aliphatic rings. The lowest BCUT2D eigenvalue weighted by atomic mass is 10.2. The lowest BCUT2D eigenvalue weighted by Crippen LogP contribution is -2.28. The quantitative estimate of drug-likeness (QED) is 0.410. The number of hydrogen-bond acceptors (Lipinski definition) is 10. The fourth-order valence-corrected chi connectivity index (χ4v) is 1.84.